The highest BCUT2D eigenvalue weighted by atomic mass is 32.2. The average Bonchev–Trinajstić information content (AvgIpc) is 2.54. The summed E-state index contributed by atoms with van der Waals surface area (Å²) in [7, 11) is -0.420. The molecule has 5 nitrogen and oxygen atoms in total. The van der Waals surface area contributed by atoms with E-state index in [0.29, 0.717) is 18.5 Å². The molecule has 0 spiro atoms. The fraction of sp³-hybridized carbons (Fsp3) is 0.533. The number of ketones is 1. The average molecular weight is 342 g/mol. The molecular weight excluding hydrogens is 320 g/mol. The second-order valence-corrected chi connectivity index (χ2v) is 8.54. The van der Waals surface area contributed by atoms with Crippen LogP contribution >= 0.6 is 11.8 Å². The van der Waals surface area contributed by atoms with Crippen LogP contribution in [0.2, 0.25) is 0 Å². The van der Waals surface area contributed by atoms with Crippen molar-refractivity contribution in [3.05, 3.63) is 29.8 Å². The predicted molar refractivity (Wildman–Crippen MR) is 89.5 cm³/mol. The first-order chi connectivity index (χ1) is 10.4. The molecule has 0 saturated carbocycles. The van der Waals surface area contributed by atoms with Gasteiger partial charge in [0.2, 0.25) is 0 Å². The Morgan fingerprint density at radius 2 is 2.00 bits per heavy atom. The topological polar surface area (TPSA) is 57.7 Å². The van der Waals surface area contributed by atoms with E-state index in [1.165, 1.54) is 34.5 Å². The molecule has 0 aromatic heterocycles. The predicted octanol–water partition coefficient (Wildman–Crippen LogP) is 2.11. The van der Waals surface area contributed by atoms with E-state index in [2.05, 4.69) is 0 Å². The molecule has 1 aromatic carbocycles. The summed E-state index contributed by atoms with van der Waals surface area (Å²) in [5.41, 5.74) is 0.698. The van der Waals surface area contributed by atoms with Crippen molar-refractivity contribution < 1.29 is 13.2 Å². The fourth-order valence-corrected chi connectivity index (χ4v) is 4.46. The number of nitrogens with zero attached hydrogens (tertiary/aromatic N) is 2. The van der Waals surface area contributed by atoms with Gasteiger partial charge in [-0.25, -0.2) is 0 Å². The molecule has 7 heteroatoms. The lowest BCUT2D eigenvalue weighted by Gasteiger charge is -2.33. The number of rotatable bonds is 5. The number of Topliss-reactive ketones (excluding diaryl/α,β-unsaturated/α-hetero) is 1. The summed E-state index contributed by atoms with van der Waals surface area (Å²) in [6, 6.07) is 7.51. The minimum atomic E-state index is -3.46. The molecule has 122 valence electrons. The Labute approximate surface area is 136 Å². The summed E-state index contributed by atoms with van der Waals surface area (Å²) in [6.07, 6.45) is 3.39. The minimum absolute atomic E-state index is 0.0450. The molecule has 1 aromatic rings. The second-order valence-electron chi connectivity index (χ2n) is 5.55. The van der Waals surface area contributed by atoms with Crippen LogP contribution in [0.4, 0.5) is 0 Å². The van der Waals surface area contributed by atoms with Crippen LogP contribution in [0.5, 0.6) is 0 Å². The molecule has 0 bridgehead atoms. The largest absolute Gasteiger partial charge is 0.294 e. The standard InChI is InChI=1S/C15H22N2O3S2/c1-16(2)22(19,20)17-10-6-7-12(11-17)15(18)13-8-4-5-9-14(13)21-3/h4-5,8-9,12H,6-7,10-11H2,1-3H3/t12-/m0/s1. The van der Waals surface area contributed by atoms with Crippen molar-refractivity contribution in [2.24, 2.45) is 5.92 Å². The van der Waals surface area contributed by atoms with Crippen LogP contribution in [0.15, 0.2) is 29.2 Å². The van der Waals surface area contributed by atoms with E-state index in [9.17, 15) is 13.2 Å². The molecule has 0 N–H and O–H groups in total. The summed E-state index contributed by atoms with van der Waals surface area (Å²) < 4.78 is 27.1. The molecule has 1 aliphatic rings. The molecule has 0 unspecified atom stereocenters. The Balaban J connectivity index is 2.21. The zero-order valence-electron chi connectivity index (χ0n) is 13.2. The van der Waals surface area contributed by atoms with Crippen molar-refractivity contribution in [3.8, 4) is 0 Å². The number of carbonyl (C=O) groups is 1. The Kier molecular flexibility index (Phi) is 5.65. The first-order valence-electron chi connectivity index (χ1n) is 7.22. The summed E-state index contributed by atoms with van der Waals surface area (Å²) >= 11 is 1.54. The highest BCUT2D eigenvalue weighted by Crippen LogP contribution is 2.27. The Morgan fingerprint density at radius 3 is 2.64 bits per heavy atom. The van der Waals surface area contributed by atoms with Gasteiger partial charge in [0.05, 0.1) is 0 Å². The third-order valence-corrected chi connectivity index (χ3v) is 6.62. The number of thioether (sulfide) groups is 1. The second kappa shape index (κ2) is 7.12. The monoisotopic (exact) mass is 342 g/mol. The van der Waals surface area contributed by atoms with Crippen molar-refractivity contribution in [1.29, 1.82) is 0 Å². The normalized spacial score (nSPS) is 20.3. The third-order valence-electron chi connectivity index (χ3n) is 3.92. The highest BCUT2D eigenvalue weighted by molar-refractivity contribution is 7.98. The summed E-state index contributed by atoms with van der Waals surface area (Å²) in [5.74, 6) is -0.222. The molecule has 0 aliphatic carbocycles. The van der Waals surface area contributed by atoms with Gasteiger partial charge in [0, 0.05) is 43.6 Å². The molecular formula is C15H22N2O3S2. The van der Waals surface area contributed by atoms with Crippen LogP contribution in [0.25, 0.3) is 0 Å². The highest BCUT2D eigenvalue weighted by Gasteiger charge is 2.34. The molecule has 1 heterocycles. The van der Waals surface area contributed by atoms with Gasteiger partial charge >= 0.3 is 0 Å². The Bertz CT molecular complexity index is 644. The van der Waals surface area contributed by atoms with Gasteiger partial charge in [-0.1, -0.05) is 18.2 Å². The molecule has 2 rings (SSSR count). The molecule has 0 radical (unpaired) electrons. The van der Waals surface area contributed by atoms with Gasteiger partial charge in [-0.2, -0.15) is 17.0 Å². The molecule has 1 aliphatic heterocycles. The number of carbonyl (C=O) groups excluding carboxylic acids is 1. The number of benzene rings is 1. The zero-order chi connectivity index (χ0) is 16.3. The van der Waals surface area contributed by atoms with Crippen LogP contribution in [-0.2, 0) is 10.2 Å². The molecule has 1 saturated heterocycles. The van der Waals surface area contributed by atoms with Gasteiger partial charge in [0.15, 0.2) is 5.78 Å². The van der Waals surface area contributed by atoms with Crippen LogP contribution in [0.3, 0.4) is 0 Å². The van der Waals surface area contributed by atoms with Crippen molar-refractivity contribution in [3.63, 3.8) is 0 Å². The van der Waals surface area contributed by atoms with E-state index in [1.807, 2.05) is 30.5 Å². The number of hydrogen-bond donors (Lipinski definition) is 0. The summed E-state index contributed by atoms with van der Waals surface area (Å²) in [4.78, 5) is 13.7. The minimum Gasteiger partial charge on any atom is -0.294 e. The van der Waals surface area contributed by atoms with E-state index >= 15 is 0 Å². The maximum atomic E-state index is 12.8. The van der Waals surface area contributed by atoms with Gasteiger partial charge in [-0.15, -0.1) is 11.8 Å². The van der Waals surface area contributed by atoms with Crippen LogP contribution in [0, 0.1) is 5.92 Å². The molecule has 1 atom stereocenters. The van der Waals surface area contributed by atoms with E-state index in [1.54, 1.807) is 0 Å². The van der Waals surface area contributed by atoms with Gasteiger partial charge in [0.1, 0.15) is 0 Å². The maximum absolute atomic E-state index is 12.8. The van der Waals surface area contributed by atoms with E-state index in [4.69, 9.17) is 0 Å². The van der Waals surface area contributed by atoms with Gasteiger partial charge in [-0.05, 0) is 25.2 Å². The van der Waals surface area contributed by atoms with E-state index < -0.39 is 10.2 Å². The first kappa shape index (κ1) is 17.5. The zero-order valence-corrected chi connectivity index (χ0v) is 14.8. The van der Waals surface area contributed by atoms with Crippen molar-refractivity contribution in [2.75, 3.05) is 33.4 Å². The van der Waals surface area contributed by atoms with Crippen LogP contribution < -0.4 is 0 Å². The third kappa shape index (κ3) is 3.53. The van der Waals surface area contributed by atoms with Gasteiger partial charge < -0.3 is 0 Å². The lowest BCUT2D eigenvalue weighted by Crippen LogP contribution is -2.47. The Morgan fingerprint density at radius 1 is 1.32 bits per heavy atom. The lowest BCUT2D eigenvalue weighted by molar-refractivity contribution is 0.0867. The maximum Gasteiger partial charge on any atom is 0.281 e. The van der Waals surface area contributed by atoms with Crippen molar-refractivity contribution in [2.45, 2.75) is 17.7 Å². The van der Waals surface area contributed by atoms with Crippen molar-refractivity contribution >= 4 is 27.8 Å². The molecule has 0 amide bonds. The molecule has 22 heavy (non-hydrogen) atoms. The van der Waals surface area contributed by atoms with Crippen LogP contribution in [-0.4, -0.2) is 56.3 Å². The fourth-order valence-electron chi connectivity index (χ4n) is 2.67. The number of piperidine rings is 1. The molecule has 1 fully saturated rings. The van der Waals surface area contributed by atoms with Gasteiger partial charge in [0.25, 0.3) is 10.2 Å². The quantitative estimate of drug-likeness (QED) is 0.607. The van der Waals surface area contributed by atoms with Gasteiger partial charge in [-0.3, -0.25) is 4.79 Å². The van der Waals surface area contributed by atoms with Crippen molar-refractivity contribution in [1.82, 2.24) is 8.61 Å². The smallest absolute Gasteiger partial charge is 0.281 e. The SMILES string of the molecule is CSc1ccccc1C(=O)[C@H]1CCCN(S(=O)(=O)N(C)C)C1. The van der Waals surface area contributed by atoms with E-state index in [0.717, 1.165) is 11.3 Å². The lowest BCUT2D eigenvalue weighted by atomic mass is 9.91. The first-order valence-corrected chi connectivity index (χ1v) is 9.85. The Hall–Kier alpha value is -0.890. The summed E-state index contributed by atoms with van der Waals surface area (Å²) in [5, 5.41) is 0. The number of hydrogen-bond acceptors (Lipinski definition) is 4. The van der Waals surface area contributed by atoms with Crippen LogP contribution in [0.1, 0.15) is 23.2 Å². The summed E-state index contributed by atoms with van der Waals surface area (Å²) in [6.45, 7) is 0.747. The van der Waals surface area contributed by atoms with E-state index in [-0.39, 0.29) is 18.2 Å².